The monoisotopic (exact) mass is 331 g/mol. The molecule has 4 rings (SSSR count). The summed E-state index contributed by atoms with van der Waals surface area (Å²) in [5.74, 6) is 0.136. The van der Waals surface area contributed by atoms with Crippen molar-refractivity contribution in [1.82, 2.24) is 25.3 Å². The molecule has 2 aliphatic heterocycles. The highest BCUT2D eigenvalue weighted by Gasteiger charge is 2.44. The quantitative estimate of drug-likeness (QED) is 0.799. The first-order valence-corrected chi connectivity index (χ1v) is 8.92. The smallest absolute Gasteiger partial charge is 0.239 e. The highest BCUT2D eigenvalue weighted by Crippen LogP contribution is 2.33. The van der Waals surface area contributed by atoms with Crippen LogP contribution in [0.5, 0.6) is 0 Å². The first-order valence-electron chi connectivity index (χ1n) is 8.92. The molecule has 24 heavy (non-hydrogen) atoms. The van der Waals surface area contributed by atoms with E-state index in [4.69, 9.17) is 0 Å². The maximum absolute atomic E-state index is 13.3. The summed E-state index contributed by atoms with van der Waals surface area (Å²) >= 11 is 0. The zero-order chi connectivity index (χ0) is 16.7. The summed E-state index contributed by atoms with van der Waals surface area (Å²) in [6.45, 7) is 1.67. The Labute approximate surface area is 141 Å². The van der Waals surface area contributed by atoms with Crippen molar-refractivity contribution in [2.24, 2.45) is 13.0 Å². The SMILES string of the molecule is Cn1cc([C@H]2CNC[C@@H]2C(=O)N2CC(=O)NC3CCCCC32)cn1. The summed E-state index contributed by atoms with van der Waals surface area (Å²) in [4.78, 5) is 27.2. The van der Waals surface area contributed by atoms with E-state index in [0.717, 1.165) is 37.8 Å². The van der Waals surface area contributed by atoms with Gasteiger partial charge in [0.15, 0.2) is 0 Å². The van der Waals surface area contributed by atoms with Crippen LogP contribution in [0.4, 0.5) is 0 Å². The van der Waals surface area contributed by atoms with Gasteiger partial charge in [0.1, 0.15) is 0 Å². The number of carbonyl (C=O) groups is 2. The fraction of sp³-hybridized carbons (Fsp3) is 0.706. The van der Waals surface area contributed by atoms with Crippen LogP contribution in [-0.4, -0.2) is 58.2 Å². The number of hydrogen-bond donors (Lipinski definition) is 2. The van der Waals surface area contributed by atoms with Crippen LogP contribution in [0, 0.1) is 5.92 Å². The minimum atomic E-state index is -0.109. The summed E-state index contributed by atoms with van der Waals surface area (Å²) < 4.78 is 1.78. The lowest BCUT2D eigenvalue weighted by Crippen LogP contribution is -2.64. The van der Waals surface area contributed by atoms with Crippen LogP contribution in [0.3, 0.4) is 0 Å². The predicted octanol–water partition coefficient (Wildman–Crippen LogP) is -0.00730. The summed E-state index contributed by atoms with van der Waals surface area (Å²) in [6, 6.07) is 0.300. The lowest BCUT2D eigenvalue weighted by Gasteiger charge is -2.45. The minimum absolute atomic E-state index is 0.0182. The topological polar surface area (TPSA) is 79.3 Å². The van der Waals surface area contributed by atoms with Crippen molar-refractivity contribution < 1.29 is 9.59 Å². The standard InChI is InChI=1S/C17H25N5O2/c1-21-9-11(6-19-21)12-7-18-8-13(12)17(24)22-10-16(23)20-14-4-2-3-5-15(14)22/h6,9,12-15,18H,2-5,7-8,10H2,1H3,(H,20,23)/t12-,13+,14?,15?/m1/s1. The summed E-state index contributed by atoms with van der Waals surface area (Å²) in [5.41, 5.74) is 1.10. The van der Waals surface area contributed by atoms with E-state index in [1.165, 1.54) is 0 Å². The number of carbonyl (C=O) groups excluding carboxylic acids is 2. The van der Waals surface area contributed by atoms with Gasteiger partial charge in [-0.2, -0.15) is 5.10 Å². The molecule has 2 saturated heterocycles. The Kier molecular flexibility index (Phi) is 4.04. The second-order valence-corrected chi connectivity index (χ2v) is 7.31. The number of rotatable bonds is 2. The van der Waals surface area contributed by atoms with Crippen LogP contribution in [-0.2, 0) is 16.6 Å². The van der Waals surface area contributed by atoms with E-state index in [1.807, 2.05) is 24.3 Å². The predicted molar refractivity (Wildman–Crippen MR) is 88.2 cm³/mol. The number of piperazine rings is 1. The molecule has 2 unspecified atom stereocenters. The third-order valence-electron chi connectivity index (χ3n) is 5.76. The highest BCUT2D eigenvalue weighted by atomic mass is 16.2. The van der Waals surface area contributed by atoms with Gasteiger partial charge < -0.3 is 15.5 Å². The van der Waals surface area contributed by atoms with Gasteiger partial charge in [0.05, 0.1) is 24.7 Å². The van der Waals surface area contributed by atoms with Crippen molar-refractivity contribution in [3.05, 3.63) is 18.0 Å². The number of nitrogens with one attached hydrogen (secondary N) is 2. The van der Waals surface area contributed by atoms with Crippen molar-refractivity contribution in [2.45, 2.75) is 43.7 Å². The molecule has 0 radical (unpaired) electrons. The Hall–Kier alpha value is -1.89. The number of aryl methyl sites for hydroxylation is 1. The molecule has 7 nitrogen and oxygen atoms in total. The number of nitrogens with zero attached hydrogens (tertiary/aromatic N) is 3. The second-order valence-electron chi connectivity index (χ2n) is 7.31. The minimum Gasteiger partial charge on any atom is -0.350 e. The molecule has 0 bridgehead atoms. The molecular weight excluding hydrogens is 306 g/mol. The normalized spacial score (nSPS) is 33.2. The van der Waals surface area contributed by atoms with Gasteiger partial charge >= 0.3 is 0 Å². The zero-order valence-corrected chi connectivity index (χ0v) is 14.1. The number of aromatic nitrogens is 2. The molecule has 1 saturated carbocycles. The fourth-order valence-corrected chi connectivity index (χ4v) is 4.55. The van der Waals surface area contributed by atoms with Crippen LogP contribution in [0.2, 0.25) is 0 Å². The number of fused-ring (bicyclic) bond motifs is 1. The third-order valence-corrected chi connectivity index (χ3v) is 5.76. The number of hydrogen-bond acceptors (Lipinski definition) is 4. The molecule has 130 valence electrons. The molecule has 1 aromatic rings. The van der Waals surface area contributed by atoms with E-state index in [2.05, 4.69) is 15.7 Å². The highest BCUT2D eigenvalue weighted by molar-refractivity contribution is 5.88. The van der Waals surface area contributed by atoms with E-state index >= 15 is 0 Å². The largest absolute Gasteiger partial charge is 0.350 e. The Morgan fingerprint density at radius 2 is 2.12 bits per heavy atom. The molecule has 3 heterocycles. The molecule has 1 aliphatic carbocycles. The summed E-state index contributed by atoms with van der Waals surface area (Å²) in [5, 5.41) is 10.7. The first-order chi connectivity index (χ1) is 11.6. The summed E-state index contributed by atoms with van der Waals surface area (Å²) in [6.07, 6.45) is 8.08. The van der Waals surface area contributed by atoms with Crippen LogP contribution in [0.25, 0.3) is 0 Å². The van der Waals surface area contributed by atoms with Gasteiger partial charge in [-0.25, -0.2) is 0 Å². The third kappa shape index (κ3) is 2.70. The average Bonchev–Trinajstić information content (AvgIpc) is 3.21. The lowest BCUT2D eigenvalue weighted by atomic mass is 9.84. The van der Waals surface area contributed by atoms with Gasteiger partial charge in [-0.3, -0.25) is 14.3 Å². The van der Waals surface area contributed by atoms with Crippen molar-refractivity contribution in [3.8, 4) is 0 Å². The number of amides is 2. The molecule has 0 aromatic carbocycles. The van der Waals surface area contributed by atoms with E-state index in [9.17, 15) is 9.59 Å². The van der Waals surface area contributed by atoms with Gasteiger partial charge in [-0.05, 0) is 18.4 Å². The van der Waals surface area contributed by atoms with Gasteiger partial charge in [0, 0.05) is 38.3 Å². The van der Waals surface area contributed by atoms with Crippen LogP contribution in [0.15, 0.2) is 12.4 Å². The van der Waals surface area contributed by atoms with Crippen molar-refractivity contribution in [3.63, 3.8) is 0 Å². The molecule has 2 N–H and O–H groups in total. The van der Waals surface area contributed by atoms with Crippen molar-refractivity contribution in [2.75, 3.05) is 19.6 Å². The first kappa shape index (κ1) is 15.6. The van der Waals surface area contributed by atoms with Crippen LogP contribution in [0.1, 0.15) is 37.2 Å². The van der Waals surface area contributed by atoms with Crippen LogP contribution < -0.4 is 10.6 Å². The Morgan fingerprint density at radius 3 is 2.92 bits per heavy atom. The Morgan fingerprint density at radius 1 is 1.29 bits per heavy atom. The molecule has 0 spiro atoms. The fourth-order valence-electron chi connectivity index (χ4n) is 4.55. The maximum atomic E-state index is 13.3. The molecule has 3 aliphatic rings. The summed E-state index contributed by atoms with van der Waals surface area (Å²) in [7, 11) is 1.89. The van der Waals surface area contributed by atoms with Crippen molar-refractivity contribution >= 4 is 11.8 Å². The van der Waals surface area contributed by atoms with E-state index < -0.39 is 0 Å². The van der Waals surface area contributed by atoms with E-state index in [-0.39, 0.29) is 42.3 Å². The molecule has 1 aromatic heterocycles. The molecule has 2 amide bonds. The zero-order valence-electron chi connectivity index (χ0n) is 14.1. The van der Waals surface area contributed by atoms with E-state index in [0.29, 0.717) is 6.54 Å². The van der Waals surface area contributed by atoms with Gasteiger partial charge in [0.25, 0.3) is 0 Å². The second kappa shape index (κ2) is 6.20. The van der Waals surface area contributed by atoms with Gasteiger partial charge in [-0.1, -0.05) is 12.8 Å². The molecule has 4 atom stereocenters. The van der Waals surface area contributed by atoms with E-state index in [1.54, 1.807) is 4.68 Å². The maximum Gasteiger partial charge on any atom is 0.239 e. The van der Waals surface area contributed by atoms with Gasteiger partial charge in [0.2, 0.25) is 11.8 Å². The lowest BCUT2D eigenvalue weighted by molar-refractivity contribution is -0.147. The van der Waals surface area contributed by atoms with Crippen LogP contribution >= 0.6 is 0 Å². The average molecular weight is 331 g/mol. The molecule has 7 heteroatoms. The Balaban J connectivity index is 1.56. The Bertz CT molecular complexity index is 643. The van der Waals surface area contributed by atoms with Gasteiger partial charge in [-0.15, -0.1) is 0 Å². The molecular formula is C17H25N5O2. The van der Waals surface area contributed by atoms with Crippen molar-refractivity contribution in [1.29, 1.82) is 0 Å². The molecule has 3 fully saturated rings.